The molecule has 4 unspecified atom stereocenters. The molecule has 1 aliphatic heterocycles. The Kier molecular flexibility index (Phi) is 28.9. The van der Waals surface area contributed by atoms with E-state index >= 15 is 0 Å². The van der Waals surface area contributed by atoms with Crippen LogP contribution in [0.5, 0.6) is 0 Å². The first kappa shape index (κ1) is 35.4. The van der Waals surface area contributed by atoms with Crippen LogP contribution in [0.1, 0.15) is 90.2 Å². The molecule has 0 radical (unpaired) electrons. The molecule has 1 saturated heterocycles. The van der Waals surface area contributed by atoms with Gasteiger partial charge >= 0.3 is 51.4 Å². The third-order valence-electron chi connectivity index (χ3n) is 5.03. The van der Waals surface area contributed by atoms with Gasteiger partial charge in [0.1, 0.15) is 0 Å². The van der Waals surface area contributed by atoms with Crippen LogP contribution in [0.15, 0.2) is 0 Å². The summed E-state index contributed by atoms with van der Waals surface area (Å²) >= 11 is 0. The van der Waals surface area contributed by atoms with Crippen molar-refractivity contribution in [2.24, 2.45) is 29.4 Å². The normalized spacial score (nSPS) is 21.1. The average molecular weight is 479 g/mol. The number of carboxylic acid groups (broad SMARTS) is 1. The summed E-state index contributed by atoms with van der Waals surface area (Å²) < 4.78 is 14.0. The zero-order valence-corrected chi connectivity index (χ0v) is 25.3. The van der Waals surface area contributed by atoms with Gasteiger partial charge in [-0.25, -0.2) is 0 Å². The molecular formula is C23H50ClKN2O3. The monoisotopic (exact) mass is 478 g/mol. The Labute approximate surface area is 239 Å². The van der Waals surface area contributed by atoms with Crippen molar-refractivity contribution in [3.63, 3.8) is 0 Å². The van der Waals surface area contributed by atoms with E-state index in [0.29, 0.717) is 37.5 Å². The minimum atomic E-state index is -1.07. The van der Waals surface area contributed by atoms with E-state index in [2.05, 4.69) is 21.0 Å². The van der Waals surface area contributed by atoms with Gasteiger partial charge in [0, 0.05) is 26.5 Å². The first-order chi connectivity index (χ1) is 14.0. The molecule has 5 nitrogen and oxygen atoms in total. The molecule has 7 heteroatoms. The Morgan fingerprint density at radius 2 is 1.50 bits per heavy atom. The SMILES string of the molecule is CC.CC.CCC(CC(CC1C[N+](C)(C)CC1CC)C(N)=O)C(=O)[O-].[2H]C([2H])CC.[Cl-].[K+]. The number of amides is 1. The van der Waals surface area contributed by atoms with Gasteiger partial charge in [-0.05, 0) is 31.6 Å². The van der Waals surface area contributed by atoms with Gasteiger partial charge < -0.3 is 32.5 Å². The Hall–Kier alpha value is 0.826. The maximum absolute atomic E-state index is 11.7. The fraction of sp³-hybridized carbons (Fsp3) is 0.913. The fourth-order valence-corrected chi connectivity index (χ4v) is 3.84. The first-order valence-corrected chi connectivity index (χ1v) is 11.1. The largest absolute Gasteiger partial charge is 1.00 e. The minimum Gasteiger partial charge on any atom is -1.00 e. The number of quaternary nitrogens is 1. The first-order valence-electron chi connectivity index (χ1n) is 12.3. The van der Waals surface area contributed by atoms with Crippen LogP contribution < -0.4 is 74.6 Å². The zero-order valence-electron chi connectivity index (χ0n) is 23.5. The van der Waals surface area contributed by atoms with Crippen LogP contribution in [-0.4, -0.2) is 43.5 Å². The number of aliphatic carboxylic acids is 1. The van der Waals surface area contributed by atoms with Crippen LogP contribution >= 0.6 is 0 Å². The summed E-state index contributed by atoms with van der Waals surface area (Å²) in [6.45, 7) is 15.3. The molecule has 30 heavy (non-hydrogen) atoms. The number of carboxylic acids is 1. The van der Waals surface area contributed by atoms with Gasteiger partial charge in [-0.15, -0.1) is 0 Å². The maximum atomic E-state index is 11.7. The molecule has 0 aromatic rings. The third-order valence-corrected chi connectivity index (χ3v) is 5.03. The van der Waals surface area contributed by atoms with E-state index in [1.807, 2.05) is 41.5 Å². The summed E-state index contributed by atoms with van der Waals surface area (Å²) in [5.74, 6) is -1.34. The van der Waals surface area contributed by atoms with Gasteiger partial charge in [-0.2, -0.15) is 0 Å². The van der Waals surface area contributed by atoms with Crippen molar-refractivity contribution in [2.75, 3.05) is 27.2 Å². The van der Waals surface area contributed by atoms with Gasteiger partial charge in [-0.1, -0.05) is 61.8 Å². The third kappa shape index (κ3) is 18.4. The van der Waals surface area contributed by atoms with Crippen LogP contribution in [0.4, 0.5) is 0 Å². The summed E-state index contributed by atoms with van der Waals surface area (Å²) in [4.78, 5) is 22.8. The summed E-state index contributed by atoms with van der Waals surface area (Å²) in [5, 5.41) is 11.1. The predicted molar refractivity (Wildman–Crippen MR) is 118 cm³/mol. The van der Waals surface area contributed by atoms with Crippen molar-refractivity contribution in [3.05, 3.63) is 0 Å². The molecule has 4 atom stereocenters. The molecule has 0 aromatic heterocycles. The molecule has 0 saturated carbocycles. The van der Waals surface area contributed by atoms with E-state index in [1.54, 1.807) is 0 Å². The zero-order chi connectivity index (χ0) is 24.5. The number of hydrogen-bond donors (Lipinski definition) is 1. The summed E-state index contributed by atoms with van der Waals surface area (Å²) in [6.07, 6.45) is 3.24. The topological polar surface area (TPSA) is 83.2 Å². The molecule has 1 fully saturated rings. The molecule has 0 bridgehead atoms. The second-order valence-corrected chi connectivity index (χ2v) is 7.63. The Morgan fingerprint density at radius 1 is 1.07 bits per heavy atom. The van der Waals surface area contributed by atoms with Crippen LogP contribution in [0.2, 0.25) is 0 Å². The van der Waals surface area contributed by atoms with Crippen LogP contribution in [0.3, 0.4) is 0 Å². The van der Waals surface area contributed by atoms with Crippen molar-refractivity contribution in [2.45, 2.75) is 87.4 Å². The number of rotatable bonds is 8. The molecule has 0 spiro atoms. The average Bonchev–Trinajstić information content (AvgIpc) is 3.01. The van der Waals surface area contributed by atoms with Gasteiger partial charge in [-0.3, -0.25) is 4.79 Å². The standard InChI is InChI=1S/C16H30N2O3.C3H8.2C2H6.ClH.K/c1-5-11(16(20)21)7-13(15(17)19)8-14-10-18(3,4)9-12(14)6-2;1-3-2;2*1-2;;/h11-14H,5-10H2,1-4H3,(H2-,17,19,20,21);3H2,1-2H3;2*1-2H3;1H;/q;;;;;+1/p-1/i;1D2;;;;. The van der Waals surface area contributed by atoms with Crippen LogP contribution in [-0.2, 0) is 9.59 Å². The molecule has 178 valence electrons. The van der Waals surface area contributed by atoms with Gasteiger partial charge in [0.2, 0.25) is 5.91 Å². The number of nitrogens with zero attached hydrogens (tertiary/aromatic N) is 1. The van der Waals surface area contributed by atoms with Crippen molar-refractivity contribution in [1.82, 2.24) is 0 Å². The number of carbonyl (C=O) groups excluding carboxylic acids is 2. The van der Waals surface area contributed by atoms with E-state index in [-0.39, 0.29) is 75.6 Å². The Bertz CT molecular complexity index is 459. The molecule has 1 amide bonds. The predicted octanol–water partition coefficient (Wildman–Crippen LogP) is -2.15. The van der Waals surface area contributed by atoms with E-state index < -0.39 is 18.8 Å². The summed E-state index contributed by atoms with van der Waals surface area (Å²) in [5.41, 5.74) is 5.52. The van der Waals surface area contributed by atoms with E-state index in [0.717, 1.165) is 24.0 Å². The van der Waals surface area contributed by atoms with Crippen LogP contribution in [0.25, 0.3) is 0 Å². The van der Waals surface area contributed by atoms with E-state index in [4.69, 9.17) is 8.48 Å². The van der Waals surface area contributed by atoms with E-state index in [1.165, 1.54) is 0 Å². The quantitative estimate of drug-likeness (QED) is 0.319. The van der Waals surface area contributed by atoms with Gasteiger partial charge in [0.25, 0.3) is 0 Å². The van der Waals surface area contributed by atoms with Crippen molar-refractivity contribution in [3.8, 4) is 0 Å². The number of primary amides is 1. The second kappa shape index (κ2) is 24.5. The van der Waals surface area contributed by atoms with E-state index in [9.17, 15) is 14.7 Å². The number of halogens is 1. The summed E-state index contributed by atoms with van der Waals surface area (Å²) in [7, 11) is 4.41. The van der Waals surface area contributed by atoms with Crippen LogP contribution in [0, 0.1) is 23.7 Å². The molecule has 2 N–H and O–H groups in total. The van der Waals surface area contributed by atoms with Gasteiger partial charge in [0.15, 0.2) is 0 Å². The Morgan fingerprint density at radius 3 is 1.80 bits per heavy atom. The molecule has 0 aromatic carbocycles. The number of carbonyl (C=O) groups is 2. The molecule has 1 rings (SSSR count). The fourth-order valence-electron chi connectivity index (χ4n) is 3.84. The smallest absolute Gasteiger partial charge is 1.00 e. The molecule has 1 heterocycles. The summed E-state index contributed by atoms with van der Waals surface area (Å²) in [6, 6.07) is 0. The molecule has 0 aliphatic carbocycles. The van der Waals surface area contributed by atoms with Crippen molar-refractivity contribution < 1.29 is 85.7 Å². The number of likely N-dealkylation sites (tertiary alicyclic amines) is 1. The maximum Gasteiger partial charge on any atom is 1.00 e. The molecular weight excluding hydrogens is 427 g/mol. The van der Waals surface area contributed by atoms with Crippen molar-refractivity contribution in [1.29, 1.82) is 0 Å². The second-order valence-electron chi connectivity index (χ2n) is 7.63. The van der Waals surface area contributed by atoms with Crippen molar-refractivity contribution >= 4 is 11.9 Å². The minimum absolute atomic E-state index is 0. The Balaban J connectivity index is -0.000000191. The molecule has 1 aliphatic rings. The number of nitrogens with two attached hydrogens (primary N) is 1. The number of hydrogen-bond acceptors (Lipinski definition) is 3. The van der Waals surface area contributed by atoms with Gasteiger partial charge in [0.05, 0.1) is 27.2 Å².